The first kappa shape index (κ1) is 23.5. The largest absolute Gasteiger partial charge is 0.384 e. The van der Waals surface area contributed by atoms with E-state index in [4.69, 9.17) is 16.3 Å². The zero-order valence-corrected chi connectivity index (χ0v) is 17.0. The van der Waals surface area contributed by atoms with Crippen molar-refractivity contribution in [3.8, 4) is 0 Å². The maximum absolute atomic E-state index is 12.0. The quantitative estimate of drug-likeness (QED) is 0.516. The van der Waals surface area contributed by atoms with E-state index in [0.29, 0.717) is 24.7 Å². The van der Waals surface area contributed by atoms with E-state index >= 15 is 0 Å². The number of urea groups is 1. The van der Waals surface area contributed by atoms with Gasteiger partial charge in [0.1, 0.15) is 0 Å². The number of benzene rings is 1. The third kappa shape index (κ3) is 8.34. The van der Waals surface area contributed by atoms with E-state index in [-0.39, 0.29) is 36.3 Å². The average Bonchev–Trinajstić information content (AvgIpc) is 2.65. The Morgan fingerprint density at radius 2 is 1.81 bits per heavy atom. The molecule has 0 unspecified atom stereocenters. The van der Waals surface area contributed by atoms with E-state index in [1.165, 1.54) is 0 Å². The molecular formula is C18H28Cl2N4O3. The molecule has 27 heavy (non-hydrogen) atoms. The van der Waals surface area contributed by atoms with Crippen LogP contribution in [0.5, 0.6) is 0 Å². The lowest BCUT2D eigenvalue weighted by molar-refractivity contribution is -0.121. The molecule has 1 aromatic rings. The second-order valence-corrected chi connectivity index (χ2v) is 7.06. The van der Waals surface area contributed by atoms with Crippen LogP contribution in [0.15, 0.2) is 24.3 Å². The van der Waals surface area contributed by atoms with Gasteiger partial charge in [-0.15, -0.1) is 12.4 Å². The van der Waals surface area contributed by atoms with Crippen LogP contribution in [0.4, 0.5) is 4.79 Å². The Morgan fingerprint density at radius 3 is 2.44 bits per heavy atom. The summed E-state index contributed by atoms with van der Waals surface area (Å²) < 4.78 is 5.33. The first-order valence-corrected chi connectivity index (χ1v) is 9.13. The van der Waals surface area contributed by atoms with Gasteiger partial charge in [0.25, 0.3) is 0 Å². The van der Waals surface area contributed by atoms with Gasteiger partial charge in [0.2, 0.25) is 5.91 Å². The van der Waals surface area contributed by atoms with Crippen LogP contribution < -0.4 is 21.3 Å². The molecule has 1 heterocycles. The molecule has 152 valence electrons. The van der Waals surface area contributed by atoms with Crippen LogP contribution in [0, 0.1) is 5.41 Å². The fourth-order valence-corrected chi connectivity index (χ4v) is 3.12. The molecule has 0 saturated carbocycles. The van der Waals surface area contributed by atoms with Gasteiger partial charge in [-0.3, -0.25) is 4.79 Å². The van der Waals surface area contributed by atoms with E-state index in [2.05, 4.69) is 21.3 Å². The van der Waals surface area contributed by atoms with Gasteiger partial charge in [-0.1, -0.05) is 23.7 Å². The number of piperidine rings is 1. The van der Waals surface area contributed by atoms with E-state index in [0.717, 1.165) is 31.5 Å². The molecule has 0 aliphatic carbocycles. The molecule has 0 bridgehead atoms. The highest BCUT2D eigenvalue weighted by Gasteiger charge is 2.32. The third-order valence-corrected chi connectivity index (χ3v) is 4.80. The molecule has 0 atom stereocenters. The highest BCUT2D eigenvalue weighted by Crippen LogP contribution is 2.28. The second-order valence-electron chi connectivity index (χ2n) is 6.62. The Morgan fingerprint density at radius 1 is 1.15 bits per heavy atom. The van der Waals surface area contributed by atoms with Gasteiger partial charge in [0.05, 0.1) is 13.2 Å². The standard InChI is InChI=1S/C18H27ClN4O3.ClH/c1-26-13-18(6-8-20-9-7-18)12-23-16(24)11-22-17(25)21-10-14-2-4-15(19)5-3-14;/h2-5,20H,6-13H2,1H3,(H,23,24)(H2,21,22,25);1H. The molecule has 0 radical (unpaired) electrons. The van der Waals surface area contributed by atoms with Crippen LogP contribution in [0.3, 0.4) is 0 Å². The van der Waals surface area contributed by atoms with Gasteiger partial charge in [0, 0.05) is 30.6 Å². The summed E-state index contributed by atoms with van der Waals surface area (Å²) in [7, 11) is 1.68. The lowest BCUT2D eigenvalue weighted by Crippen LogP contribution is -2.49. The minimum Gasteiger partial charge on any atom is -0.384 e. The fraction of sp³-hybridized carbons (Fsp3) is 0.556. The predicted molar refractivity (Wildman–Crippen MR) is 108 cm³/mol. The summed E-state index contributed by atoms with van der Waals surface area (Å²) in [5.41, 5.74) is 0.897. The van der Waals surface area contributed by atoms with Crippen LogP contribution in [0.2, 0.25) is 5.02 Å². The van der Waals surface area contributed by atoms with Crippen LogP contribution in [0.25, 0.3) is 0 Å². The van der Waals surface area contributed by atoms with Crippen molar-refractivity contribution in [3.05, 3.63) is 34.9 Å². The van der Waals surface area contributed by atoms with Crippen molar-refractivity contribution in [2.75, 3.05) is 39.9 Å². The number of rotatable bonds is 8. The van der Waals surface area contributed by atoms with Crippen LogP contribution in [0.1, 0.15) is 18.4 Å². The molecule has 0 spiro atoms. The van der Waals surface area contributed by atoms with Crippen molar-refractivity contribution in [3.63, 3.8) is 0 Å². The van der Waals surface area contributed by atoms with E-state index in [1.807, 2.05) is 12.1 Å². The first-order chi connectivity index (χ1) is 12.5. The molecule has 7 nitrogen and oxygen atoms in total. The van der Waals surface area contributed by atoms with Crippen molar-refractivity contribution in [2.24, 2.45) is 5.41 Å². The molecule has 1 fully saturated rings. The molecule has 1 aliphatic heterocycles. The number of hydrogen-bond donors (Lipinski definition) is 4. The number of nitrogens with one attached hydrogen (secondary N) is 4. The summed E-state index contributed by atoms with van der Waals surface area (Å²) >= 11 is 5.82. The smallest absolute Gasteiger partial charge is 0.315 e. The molecule has 0 aromatic heterocycles. The molecule has 4 N–H and O–H groups in total. The predicted octanol–water partition coefficient (Wildman–Crippen LogP) is 1.69. The Bertz CT molecular complexity index is 587. The fourth-order valence-electron chi connectivity index (χ4n) is 2.99. The third-order valence-electron chi connectivity index (χ3n) is 4.55. The zero-order chi connectivity index (χ0) is 18.8. The minimum absolute atomic E-state index is 0. The van der Waals surface area contributed by atoms with Gasteiger partial charge < -0.3 is 26.0 Å². The van der Waals surface area contributed by atoms with Crippen molar-refractivity contribution in [2.45, 2.75) is 19.4 Å². The normalized spacial score (nSPS) is 15.3. The Hall–Kier alpha value is -1.54. The molecule has 3 amide bonds. The molecule has 1 saturated heterocycles. The SMILES string of the molecule is COCC1(CNC(=O)CNC(=O)NCc2ccc(Cl)cc2)CCNCC1.Cl. The number of halogens is 2. The van der Waals surface area contributed by atoms with Gasteiger partial charge in [-0.2, -0.15) is 0 Å². The van der Waals surface area contributed by atoms with E-state index < -0.39 is 0 Å². The first-order valence-electron chi connectivity index (χ1n) is 8.75. The highest BCUT2D eigenvalue weighted by molar-refractivity contribution is 6.30. The number of amides is 3. The Kier molecular flexibility index (Phi) is 10.5. The van der Waals surface area contributed by atoms with Gasteiger partial charge in [0.15, 0.2) is 0 Å². The molecular weight excluding hydrogens is 391 g/mol. The number of methoxy groups -OCH3 is 1. The topological polar surface area (TPSA) is 91.5 Å². The molecule has 1 aliphatic rings. The number of carbonyl (C=O) groups excluding carboxylic acids is 2. The number of carbonyl (C=O) groups is 2. The zero-order valence-electron chi connectivity index (χ0n) is 15.5. The molecule has 1 aromatic carbocycles. The van der Waals surface area contributed by atoms with E-state index in [9.17, 15) is 9.59 Å². The van der Waals surface area contributed by atoms with Crippen molar-refractivity contribution in [1.82, 2.24) is 21.3 Å². The van der Waals surface area contributed by atoms with Crippen LogP contribution >= 0.6 is 24.0 Å². The lowest BCUT2D eigenvalue weighted by Gasteiger charge is -2.37. The molecule has 2 rings (SSSR count). The van der Waals surface area contributed by atoms with Gasteiger partial charge in [-0.25, -0.2) is 4.79 Å². The van der Waals surface area contributed by atoms with Gasteiger partial charge >= 0.3 is 6.03 Å². The number of hydrogen-bond acceptors (Lipinski definition) is 4. The monoisotopic (exact) mass is 418 g/mol. The van der Waals surface area contributed by atoms with Crippen molar-refractivity contribution in [1.29, 1.82) is 0 Å². The van der Waals surface area contributed by atoms with Crippen molar-refractivity contribution < 1.29 is 14.3 Å². The second kappa shape index (κ2) is 12.0. The summed E-state index contributed by atoms with van der Waals surface area (Å²) in [6.07, 6.45) is 1.91. The Balaban J connectivity index is 0.00000364. The maximum Gasteiger partial charge on any atom is 0.315 e. The summed E-state index contributed by atoms with van der Waals surface area (Å²) in [5, 5.41) is 12.1. The average molecular weight is 419 g/mol. The van der Waals surface area contributed by atoms with Crippen LogP contribution in [-0.2, 0) is 16.1 Å². The summed E-state index contributed by atoms with van der Waals surface area (Å²) in [6.45, 7) is 3.32. The highest BCUT2D eigenvalue weighted by atomic mass is 35.5. The summed E-state index contributed by atoms with van der Waals surface area (Å²) in [5.74, 6) is -0.208. The van der Waals surface area contributed by atoms with E-state index in [1.54, 1.807) is 19.2 Å². The summed E-state index contributed by atoms with van der Waals surface area (Å²) in [6, 6.07) is 6.82. The molecule has 9 heteroatoms. The maximum atomic E-state index is 12.0. The summed E-state index contributed by atoms with van der Waals surface area (Å²) in [4.78, 5) is 23.8. The lowest BCUT2D eigenvalue weighted by atomic mass is 9.79. The van der Waals surface area contributed by atoms with Crippen LogP contribution in [-0.4, -0.2) is 51.8 Å². The number of ether oxygens (including phenoxy) is 1. The minimum atomic E-state index is -0.386. The Labute approximate surface area is 171 Å². The van der Waals surface area contributed by atoms with Crippen molar-refractivity contribution >= 4 is 35.9 Å². The van der Waals surface area contributed by atoms with Gasteiger partial charge in [-0.05, 0) is 43.6 Å².